The van der Waals surface area contributed by atoms with Crippen LogP contribution in [0.1, 0.15) is 19.3 Å². The number of hydrogen-bond acceptors (Lipinski definition) is 4. The molecule has 0 spiro atoms. The van der Waals surface area contributed by atoms with Gasteiger partial charge in [-0.25, -0.2) is 12.8 Å². The molecule has 20 heavy (non-hydrogen) atoms. The van der Waals surface area contributed by atoms with E-state index in [1.165, 1.54) is 18.2 Å². The van der Waals surface area contributed by atoms with Crippen LogP contribution in [0.15, 0.2) is 24.3 Å². The first kappa shape index (κ1) is 14.8. The number of carbonyl (C=O) groups is 1. The molecule has 0 aromatic heterocycles. The van der Waals surface area contributed by atoms with E-state index >= 15 is 0 Å². The highest BCUT2D eigenvalue weighted by Gasteiger charge is 2.52. The van der Waals surface area contributed by atoms with Gasteiger partial charge in [-0.1, -0.05) is 6.07 Å². The maximum Gasteiger partial charge on any atom is 0.244 e. The van der Waals surface area contributed by atoms with E-state index in [4.69, 9.17) is 5.73 Å². The molecule has 3 N–H and O–H groups in total. The number of anilines is 1. The largest absolute Gasteiger partial charge is 0.370 e. The van der Waals surface area contributed by atoms with E-state index < -0.39 is 32.4 Å². The Balaban J connectivity index is 2.43. The lowest BCUT2D eigenvalue weighted by Gasteiger charge is -2.33. The number of halogens is 1. The third-order valence-corrected chi connectivity index (χ3v) is 5.41. The molecule has 1 aliphatic rings. The van der Waals surface area contributed by atoms with E-state index in [0.29, 0.717) is 24.9 Å². The van der Waals surface area contributed by atoms with Crippen molar-refractivity contribution in [3.8, 4) is 0 Å². The first-order valence-electron chi connectivity index (χ1n) is 6.28. The third-order valence-electron chi connectivity index (χ3n) is 3.74. The molecule has 7 heteroatoms. The lowest BCUT2D eigenvalue weighted by atomic mass is 9.95. The SMILES string of the molecule is CS(=O)(=O)C1CCCC1(Nc1cccc(F)c1)C(N)=O. The Morgan fingerprint density at radius 2 is 2.20 bits per heavy atom. The van der Waals surface area contributed by atoms with Crippen LogP contribution in [0.25, 0.3) is 0 Å². The van der Waals surface area contributed by atoms with Crippen molar-refractivity contribution in [3.63, 3.8) is 0 Å². The molecule has 1 fully saturated rings. The molecule has 1 aromatic rings. The van der Waals surface area contributed by atoms with Gasteiger partial charge in [-0.2, -0.15) is 0 Å². The Bertz CT molecular complexity index is 632. The minimum absolute atomic E-state index is 0.316. The zero-order valence-electron chi connectivity index (χ0n) is 11.1. The van der Waals surface area contributed by atoms with Gasteiger partial charge >= 0.3 is 0 Å². The minimum Gasteiger partial charge on any atom is -0.370 e. The lowest BCUT2D eigenvalue weighted by Crippen LogP contribution is -2.58. The fourth-order valence-electron chi connectivity index (χ4n) is 2.86. The Labute approximate surface area is 117 Å². The second-order valence-electron chi connectivity index (χ2n) is 5.18. The summed E-state index contributed by atoms with van der Waals surface area (Å²) in [5.74, 6) is -1.20. The highest BCUT2D eigenvalue weighted by atomic mass is 32.2. The number of nitrogens with one attached hydrogen (secondary N) is 1. The van der Waals surface area contributed by atoms with Crippen LogP contribution in [0.3, 0.4) is 0 Å². The molecule has 1 aromatic carbocycles. The topological polar surface area (TPSA) is 89.3 Å². The smallest absolute Gasteiger partial charge is 0.244 e. The van der Waals surface area contributed by atoms with Crippen LogP contribution in [0, 0.1) is 5.82 Å². The molecule has 110 valence electrons. The van der Waals surface area contributed by atoms with Crippen molar-refractivity contribution in [1.82, 2.24) is 0 Å². The van der Waals surface area contributed by atoms with Crippen molar-refractivity contribution in [3.05, 3.63) is 30.1 Å². The zero-order valence-corrected chi connectivity index (χ0v) is 11.9. The number of rotatable bonds is 4. The van der Waals surface area contributed by atoms with Crippen LogP contribution >= 0.6 is 0 Å². The summed E-state index contributed by atoms with van der Waals surface area (Å²) in [4.78, 5) is 11.9. The average molecular weight is 300 g/mol. The van der Waals surface area contributed by atoms with Crippen LogP contribution in [0.5, 0.6) is 0 Å². The summed E-state index contributed by atoms with van der Waals surface area (Å²) in [6.45, 7) is 0. The Morgan fingerprint density at radius 1 is 1.50 bits per heavy atom. The van der Waals surface area contributed by atoms with Crippen LogP contribution in [0.4, 0.5) is 10.1 Å². The van der Waals surface area contributed by atoms with E-state index in [0.717, 1.165) is 6.26 Å². The molecule has 0 bridgehead atoms. The van der Waals surface area contributed by atoms with E-state index in [1.54, 1.807) is 6.07 Å². The van der Waals surface area contributed by atoms with Gasteiger partial charge in [0.15, 0.2) is 9.84 Å². The minimum atomic E-state index is -3.44. The molecule has 1 aliphatic carbocycles. The highest BCUT2D eigenvalue weighted by molar-refractivity contribution is 7.91. The number of primary amides is 1. The van der Waals surface area contributed by atoms with E-state index in [2.05, 4.69) is 5.32 Å². The number of sulfone groups is 1. The first-order valence-corrected chi connectivity index (χ1v) is 8.24. The molecule has 1 saturated carbocycles. The third kappa shape index (κ3) is 2.63. The van der Waals surface area contributed by atoms with Gasteiger partial charge in [0.05, 0.1) is 5.25 Å². The van der Waals surface area contributed by atoms with E-state index in [9.17, 15) is 17.6 Å². The molecule has 5 nitrogen and oxygen atoms in total. The molecule has 0 saturated heterocycles. The summed E-state index contributed by atoms with van der Waals surface area (Å²) in [7, 11) is -3.44. The number of benzene rings is 1. The summed E-state index contributed by atoms with van der Waals surface area (Å²) < 4.78 is 37.0. The predicted molar refractivity (Wildman–Crippen MR) is 74.4 cm³/mol. The summed E-state index contributed by atoms with van der Waals surface area (Å²) in [6.07, 6.45) is 2.34. The van der Waals surface area contributed by atoms with Gasteiger partial charge in [0, 0.05) is 11.9 Å². The van der Waals surface area contributed by atoms with E-state index in [-0.39, 0.29) is 0 Å². The molecule has 2 atom stereocenters. The lowest BCUT2D eigenvalue weighted by molar-refractivity contribution is -0.122. The van der Waals surface area contributed by atoms with Gasteiger partial charge in [0.2, 0.25) is 5.91 Å². The van der Waals surface area contributed by atoms with Crippen molar-refractivity contribution < 1.29 is 17.6 Å². The maximum absolute atomic E-state index is 13.2. The molecule has 2 unspecified atom stereocenters. The van der Waals surface area contributed by atoms with Gasteiger partial charge < -0.3 is 11.1 Å². The monoisotopic (exact) mass is 300 g/mol. The Morgan fingerprint density at radius 3 is 2.75 bits per heavy atom. The van der Waals surface area contributed by atoms with Crippen LogP contribution in [-0.4, -0.2) is 31.4 Å². The second-order valence-corrected chi connectivity index (χ2v) is 7.41. The molecule has 0 radical (unpaired) electrons. The zero-order chi connectivity index (χ0) is 15.0. The quantitative estimate of drug-likeness (QED) is 0.870. The standard InChI is InChI=1S/C13H17FN2O3S/c1-20(18,19)11-6-3-7-13(11,12(15)17)16-10-5-2-4-9(14)8-10/h2,4-5,8,11,16H,3,6-7H2,1H3,(H2,15,17). The van der Waals surface area contributed by atoms with Gasteiger partial charge in [-0.05, 0) is 37.5 Å². The van der Waals surface area contributed by atoms with Gasteiger partial charge in [-0.3, -0.25) is 4.79 Å². The maximum atomic E-state index is 13.2. The normalized spacial score (nSPS) is 26.4. The first-order chi connectivity index (χ1) is 9.25. The molecule has 0 aliphatic heterocycles. The summed E-state index contributed by atoms with van der Waals surface area (Å²) in [6, 6.07) is 5.54. The summed E-state index contributed by atoms with van der Waals surface area (Å²) >= 11 is 0. The second kappa shape index (κ2) is 5.05. The Hall–Kier alpha value is -1.63. The van der Waals surface area contributed by atoms with Crippen molar-refractivity contribution >= 4 is 21.4 Å². The van der Waals surface area contributed by atoms with Crippen LogP contribution in [0.2, 0.25) is 0 Å². The van der Waals surface area contributed by atoms with Crippen molar-refractivity contribution in [2.75, 3.05) is 11.6 Å². The summed E-state index contributed by atoms with van der Waals surface area (Å²) in [5, 5.41) is 1.96. The summed E-state index contributed by atoms with van der Waals surface area (Å²) in [5.41, 5.74) is 4.42. The van der Waals surface area contributed by atoms with Crippen LogP contribution < -0.4 is 11.1 Å². The number of carbonyl (C=O) groups excluding carboxylic acids is 1. The van der Waals surface area contributed by atoms with Gasteiger partial charge in [0.25, 0.3) is 0 Å². The molecule has 1 amide bonds. The fourth-order valence-corrected chi connectivity index (χ4v) is 4.48. The Kier molecular flexibility index (Phi) is 3.73. The molecule has 2 rings (SSSR count). The van der Waals surface area contributed by atoms with Gasteiger partial charge in [0.1, 0.15) is 11.4 Å². The van der Waals surface area contributed by atoms with E-state index in [1.807, 2.05) is 0 Å². The molecule has 0 heterocycles. The number of amides is 1. The number of hydrogen-bond donors (Lipinski definition) is 2. The van der Waals surface area contributed by atoms with Gasteiger partial charge in [-0.15, -0.1) is 0 Å². The van der Waals surface area contributed by atoms with Crippen LogP contribution in [-0.2, 0) is 14.6 Å². The van der Waals surface area contributed by atoms with Crippen molar-refractivity contribution in [1.29, 1.82) is 0 Å². The molecular formula is C13H17FN2O3S. The molecular weight excluding hydrogens is 283 g/mol. The van der Waals surface area contributed by atoms with Crippen molar-refractivity contribution in [2.24, 2.45) is 5.73 Å². The highest BCUT2D eigenvalue weighted by Crippen LogP contribution is 2.37. The van der Waals surface area contributed by atoms with Crippen molar-refractivity contribution in [2.45, 2.75) is 30.1 Å². The number of nitrogens with two attached hydrogens (primary N) is 1. The predicted octanol–water partition coefficient (Wildman–Crippen LogP) is 1.06. The fraction of sp³-hybridized carbons (Fsp3) is 0.462. The average Bonchev–Trinajstić information content (AvgIpc) is 2.73.